The molecule has 5 heteroatoms. The quantitative estimate of drug-likeness (QED) is 0.771. The lowest BCUT2D eigenvalue weighted by molar-refractivity contribution is -0.119. The molecule has 5 nitrogen and oxygen atoms in total. The summed E-state index contributed by atoms with van der Waals surface area (Å²) in [7, 11) is 0. The highest BCUT2D eigenvalue weighted by atomic mass is 16.2. The predicted octanol–water partition coefficient (Wildman–Crippen LogP) is 1.05. The topological polar surface area (TPSA) is 70.2 Å². The Balaban J connectivity index is 1.66. The van der Waals surface area contributed by atoms with E-state index in [2.05, 4.69) is 16.0 Å². The van der Waals surface area contributed by atoms with E-state index in [-0.39, 0.29) is 17.9 Å². The molecule has 0 saturated carbocycles. The number of carbonyl (C=O) groups excluding carboxylic acids is 2. The summed E-state index contributed by atoms with van der Waals surface area (Å²) in [5.41, 5.74) is 2.92. The van der Waals surface area contributed by atoms with Gasteiger partial charge in [0, 0.05) is 36.8 Å². The van der Waals surface area contributed by atoms with E-state index in [0.717, 1.165) is 42.6 Å². The smallest absolute Gasteiger partial charge is 0.251 e. The third-order valence-corrected chi connectivity index (χ3v) is 3.93. The van der Waals surface area contributed by atoms with Crippen molar-refractivity contribution in [1.29, 1.82) is 0 Å². The molecule has 20 heavy (non-hydrogen) atoms. The Kier molecular flexibility index (Phi) is 3.58. The summed E-state index contributed by atoms with van der Waals surface area (Å²) in [5.74, 6) is 0.0252. The van der Waals surface area contributed by atoms with Crippen molar-refractivity contribution >= 4 is 17.5 Å². The van der Waals surface area contributed by atoms with Crippen LogP contribution in [-0.4, -0.2) is 30.9 Å². The number of carbonyl (C=O) groups is 2. The van der Waals surface area contributed by atoms with Gasteiger partial charge in [0.1, 0.15) is 0 Å². The summed E-state index contributed by atoms with van der Waals surface area (Å²) in [5, 5.41) is 9.11. The molecule has 0 spiro atoms. The van der Waals surface area contributed by atoms with Crippen molar-refractivity contribution in [1.82, 2.24) is 10.6 Å². The van der Waals surface area contributed by atoms with Gasteiger partial charge < -0.3 is 16.0 Å². The van der Waals surface area contributed by atoms with Crippen molar-refractivity contribution in [2.24, 2.45) is 0 Å². The molecule has 3 rings (SSSR count). The highest BCUT2D eigenvalue weighted by Gasteiger charge is 2.22. The second-order valence-electron chi connectivity index (χ2n) is 5.38. The number of fused-ring (bicyclic) bond motifs is 1. The maximum atomic E-state index is 12.3. The van der Waals surface area contributed by atoms with Crippen molar-refractivity contribution in [3.05, 3.63) is 29.3 Å². The van der Waals surface area contributed by atoms with Gasteiger partial charge in [0.15, 0.2) is 0 Å². The summed E-state index contributed by atoms with van der Waals surface area (Å²) in [6.07, 6.45) is 3.35. The summed E-state index contributed by atoms with van der Waals surface area (Å²) in [6, 6.07) is 5.87. The number of hydrogen-bond acceptors (Lipinski definition) is 3. The lowest BCUT2D eigenvalue weighted by atomic mass is 9.97. The van der Waals surface area contributed by atoms with Gasteiger partial charge in [0.2, 0.25) is 5.91 Å². The number of amides is 2. The third-order valence-electron chi connectivity index (χ3n) is 3.93. The zero-order chi connectivity index (χ0) is 13.9. The SMILES string of the molecule is O=C1CCC(CNC(=O)c2cccc3c2CCCN3)N1. The molecule has 1 atom stereocenters. The van der Waals surface area contributed by atoms with Crippen LogP contribution in [0.25, 0.3) is 0 Å². The van der Waals surface area contributed by atoms with Crippen LogP contribution in [-0.2, 0) is 11.2 Å². The lowest BCUT2D eigenvalue weighted by Crippen LogP contribution is -2.38. The Labute approximate surface area is 118 Å². The lowest BCUT2D eigenvalue weighted by Gasteiger charge is -2.21. The summed E-state index contributed by atoms with van der Waals surface area (Å²) in [6.45, 7) is 1.47. The first-order valence-corrected chi connectivity index (χ1v) is 7.17. The highest BCUT2D eigenvalue weighted by Crippen LogP contribution is 2.25. The Morgan fingerprint density at radius 1 is 1.35 bits per heavy atom. The van der Waals surface area contributed by atoms with E-state index < -0.39 is 0 Å². The molecule has 0 aliphatic carbocycles. The summed E-state index contributed by atoms with van der Waals surface area (Å²) in [4.78, 5) is 23.4. The van der Waals surface area contributed by atoms with E-state index in [1.807, 2.05) is 18.2 Å². The van der Waals surface area contributed by atoms with E-state index in [4.69, 9.17) is 0 Å². The molecule has 0 radical (unpaired) electrons. The molecule has 2 amide bonds. The zero-order valence-electron chi connectivity index (χ0n) is 11.4. The van der Waals surface area contributed by atoms with Gasteiger partial charge in [-0.05, 0) is 37.0 Å². The van der Waals surface area contributed by atoms with E-state index in [1.54, 1.807) is 0 Å². The van der Waals surface area contributed by atoms with Gasteiger partial charge >= 0.3 is 0 Å². The molecule has 0 aromatic heterocycles. The minimum Gasteiger partial charge on any atom is -0.385 e. The van der Waals surface area contributed by atoms with Gasteiger partial charge in [-0.3, -0.25) is 9.59 Å². The first-order valence-electron chi connectivity index (χ1n) is 7.17. The number of nitrogens with one attached hydrogen (secondary N) is 3. The number of anilines is 1. The molecule has 1 saturated heterocycles. The van der Waals surface area contributed by atoms with Crippen LogP contribution < -0.4 is 16.0 Å². The number of rotatable bonds is 3. The van der Waals surface area contributed by atoms with E-state index in [9.17, 15) is 9.59 Å². The van der Waals surface area contributed by atoms with E-state index in [0.29, 0.717) is 13.0 Å². The maximum Gasteiger partial charge on any atom is 0.251 e. The minimum absolute atomic E-state index is 0.0494. The van der Waals surface area contributed by atoms with Crippen LogP contribution >= 0.6 is 0 Å². The maximum absolute atomic E-state index is 12.3. The largest absolute Gasteiger partial charge is 0.385 e. The second kappa shape index (κ2) is 5.53. The van der Waals surface area contributed by atoms with Gasteiger partial charge in [-0.2, -0.15) is 0 Å². The van der Waals surface area contributed by atoms with Crippen LogP contribution in [0.4, 0.5) is 5.69 Å². The molecule has 2 aliphatic rings. The number of hydrogen-bond donors (Lipinski definition) is 3. The monoisotopic (exact) mass is 273 g/mol. The molecule has 1 unspecified atom stereocenters. The Bertz CT molecular complexity index is 542. The minimum atomic E-state index is -0.0494. The van der Waals surface area contributed by atoms with Crippen LogP contribution in [0.15, 0.2) is 18.2 Å². The summed E-state index contributed by atoms with van der Waals surface area (Å²) >= 11 is 0. The molecule has 0 bridgehead atoms. The van der Waals surface area contributed by atoms with Gasteiger partial charge in [-0.1, -0.05) is 6.07 Å². The Morgan fingerprint density at radius 2 is 2.25 bits per heavy atom. The van der Waals surface area contributed by atoms with Crippen LogP contribution in [0, 0.1) is 0 Å². The molecular formula is C15H19N3O2. The molecule has 1 fully saturated rings. The average Bonchev–Trinajstić information content (AvgIpc) is 2.90. The fourth-order valence-electron chi connectivity index (χ4n) is 2.86. The van der Waals surface area contributed by atoms with Crippen molar-refractivity contribution in [3.8, 4) is 0 Å². The Hall–Kier alpha value is -2.04. The second-order valence-corrected chi connectivity index (χ2v) is 5.38. The van der Waals surface area contributed by atoms with Crippen LogP contribution in [0.3, 0.4) is 0 Å². The fourth-order valence-corrected chi connectivity index (χ4v) is 2.86. The van der Waals surface area contributed by atoms with Crippen molar-refractivity contribution < 1.29 is 9.59 Å². The van der Waals surface area contributed by atoms with Crippen molar-refractivity contribution in [2.75, 3.05) is 18.4 Å². The van der Waals surface area contributed by atoms with Gasteiger partial charge in [0.05, 0.1) is 0 Å². The third kappa shape index (κ3) is 2.61. The average molecular weight is 273 g/mol. The predicted molar refractivity (Wildman–Crippen MR) is 76.8 cm³/mol. The molecule has 2 heterocycles. The standard InChI is InChI=1S/C15H19N3O2/c19-14-7-6-10(18-14)9-17-15(20)12-3-1-5-13-11(12)4-2-8-16-13/h1,3,5,10,16H,2,4,6-9H2,(H,17,20)(H,18,19). The van der Waals surface area contributed by atoms with E-state index >= 15 is 0 Å². The first-order chi connectivity index (χ1) is 9.74. The molecule has 3 N–H and O–H groups in total. The summed E-state index contributed by atoms with van der Waals surface area (Å²) < 4.78 is 0. The van der Waals surface area contributed by atoms with Gasteiger partial charge in [0.25, 0.3) is 5.91 Å². The Morgan fingerprint density at radius 3 is 3.05 bits per heavy atom. The molecule has 106 valence electrons. The van der Waals surface area contributed by atoms with Gasteiger partial charge in [-0.25, -0.2) is 0 Å². The van der Waals surface area contributed by atoms with Gasteiger partial charge in [-0.15, -0.1) is 0 Å². The fraction of sp³-hybridized carbons (Fsp3) is 0.467. The van der Waals surface area contributed by atoms with Crippen LogP contribution in [0.1, 0.15) is 35.2 Å². The molecule has 1 aromatic rings. The zero-order valence-corrected chi connectivity index (χ0v) is 11.4. The van der Waals surface area contributed by atoms with E-state index in [1.165, 1.54) is 0 Å². The number of benzene rings is 1. The van der Waals surface area contributed by atoms with Crippen LogP contribution in [0.5, 0.6) is 0 Å². The normalized spacial score (nSPS) is 20.8. The molecule has 1 aromatic carbocycles. The molecule has 2 aliphatic heterocycles. The molecular weight excluding hydrogens is 254 g/mol. The first kappa shape index (κ1) is 13.0. The van der Waals surface area contributed by atoms with Crippen molar-refractivity contribution in [2.45, 2.75) is 31.7 Å². The van der Waals surface area contributed by atoms with Crippen LogP contribution in [0.2, 0.25) is 0 Å². The highest BCUT2D eigenvalue weighted by molar-refractivity contribution is 5.97. The van der Waals surface area contributed by atoms with Crippen molar-refractivity contribution in [3.63, 3.8) is 0 Å².